The third-order valence-corrected chi connectivity index (χ3v) is 5.47. The lowest BCUT2D eigenvalue weighted by Crippen LogP contribution is -2.43. The van der Waals surface area contributed by atoms with Crippen molar-refractivity contribution in [1.29, 1.82) is 5.26 Å². The first-order valence-corrected chi connectivity index (χ1v) is 8.08. The molecule has 0 unspecified atom stereocenters. The van der Waals surface area contributed by atoms with Crippen LogP contribution in [0.15, 0.2) is 0 Å². The van der Waals surface area contributed by atoms with Crippen molar-refractivity contribution in [3.8, 4) is 6.07 Å². The SMILES string of the molecule is CC(C)(C)CCS(=O)(=O)N1CCC(C)(C#N)CC1. The van der Waals surface area contributed by atoms with E-state index >= 15 is 0 Å². The van der Waals surface area contributed by atoms with E-state index in [0.29, 0.717) is 32.4 Å². The zero-order valence-electron chi connectivity index (χ0n) is 11.9. The Balaban J connectivity index is 2.59. The Labute approximate surface area is 111 Å². The van der Waals surface area contributed by atoms with E-state index in [2.05, 4.69) is 6.07 Å². The topological polar surface area (TPSA) is 61.2 Å². The fourth-order valence-corrected chi connectivity index (χ4v) is 3.80. The molecule has 1 aliphatic heterocycles. The van der Waals surface area contributed by atoms with E-state index in [1.165, 1.54) is 0 Å². The van der Waals surface area contributed by atoms with Gasteiger partial charge in [0.1, 0.15) is 0 Å². The number of hydrogen-bond acceptors (Lipinski definition) is 3. The second-order valence-corrected chi connectivity index (χ2v) is 8.79. The van der Waals surface area contributed by atoms with Crippen LogP contribution in [0.1, 0.15) is 47.0 Å². The number of hydrogen-bond donors (Lipinski definition) is 0. The molecule has 0 aromatic carbocycles. The molecule has 0 saturated carbocycles. The zero-order valence-corrected chi connectivity index (χ0v) is 12.7. The minimum absolute atomic E-state index is 0.0318. The largest absolute Gasteiger partial charge is 0.214 e. The molecule has 0 N–H and O–H groups in total. The lowest BCUT2D eigenvalue weighted by Gasteiger charge is -2.34. The van der Waals surface area contributed by atoms with Gasteiger partial charge in [0.2, 0.25) is 10.0 Å². The molecule has 0 aromatic rings. The monoisotopic (exact) mass is 272 g/mol. The van der Waals surface area contributed by atoms with Crippen LogP contribution in [0.2, 0.25) is 0 Å². The molecule has 0 radical (unpaired) electrons. The maximum absolute atomic E-state index is 12.2. The molecule has 18 heavy (non-hydrogen) atoms. The number of nitriles is 1. The van der Waals surface area contributed by atoms with Crippen LogP contribution in [-0.4, -0.2) is 31.6 Å². The Morgan fingerprint density at radius 1 is 1.28 bits per heavy atom. The maximum Gasteiger partial charge on any atom is 0.214 e. The van der Waals surface area contributed by atoms with Crippen LogP contribution in [0.3, 0.4) is 0 Å². The van der Waals surface area contributed by atoms with Gasteiger partial charge in [-0.3, -0.25) is 0 Å². The Morgan fingerprint density at radius 3 is 2.17 bits per heavy atom. The standard InChI is InChI=1S/C13H24N2O2S/c1-12(2,3)7-10-18(16,17)15-8-5-13(4,11-14)6-9-15/h5-10H2,1-4H3. The molecule has 1 aliphatic rings. The molecule has 0 aliphatic carbocycles. The molecule has 1 heterocycles. The van der Waals surface area contributed by atoms with Crippen molar-refractivity contribution >= 4 is 10.0 Å². The van der Waals surface area contributed by atoms with Crippen molar-refractivity contribution < 1.29 is 8.42 Å². The van der Waals surface area contributed by atoms with Crippen LogP contribution in [0.4, 0.5) is 0 Å². The second kappa shape index (κ2) is 5.18. The molecule has 0 atom stereocenters. The summed E-state index contributed by atoms with van der Waals surface area (Å²) in [5.41, 5.74) is -0.319. The number of sulfonamides is 1. The minimum Gasteiger partial charge on any atom is -0.212 e. The summed E-state index contributed by atoms with van der Waals surface area (Å²) in [5, 5.41) is 9.03. The number of piperidine rings is 1. The lowest BCUT2D eigenvalue weighted by molar-refractivity contribution is 0.231. The Kier molecular flexibility index (Phi) is 4.45. The fourth-order valence-electron chi connectivity index (χ4n) is 1.93. The number of rotatable bonds is 3. The van der Waals surface area contributed by atoms with E-state index < -0.39 is 10.0 Å². The molecule has 4 nitrogen and oxygen atoms in total. The molecule has 0 aromatic heterocycles. The van der Waals surface area contributed by atoms with Crippen molar-refractivity contribution in [2.45, 2.75) is 47.0 Å². The first-order valence-electron chi connectivity index (χ1n) is 6.47. The molecule has 1 saturated heterocycles. The summed E-state index contributed by atoms with van der Waals surface area (Å²) in [6, 6.07) is 2.29. The van der Waals surface area contributed by atoms with Crippen LogP contribution >= 0.6 is 0 Å². The van der Waals surface area contributed by atoms with Gasteiger partial charge in [-0.25, -0.2) is 12.7 Å². The maximum atomic E-state index is 12.2. The summed E-state index contributed by atoms with van der Waals surface area (Å²) in [5.74, 6) is 0.208. The van der Waals surface area contributed by atoms with E-state index in [4.69, 9.17) is 5.26 Å². The van der Waals surface area contributed by atoms with Gasteiger partial charge in [-0.1, -0.05) is 20.8 Å². The highest BCUT2D eigenvalue weighted by atomic mass is 32.2. The van der Waals surface area contributed by atoms with Gasteiger partial charge in [0.05, 0.1) is 17.2 Å². The highest BCUT2D eigenvalue weighted by Gasteiger charge is 2.34. The fraction of sp³-hybridized carbons (Fsp3) is 0.923. The number of nitrogens with zero attached hydrogens (tertiary/aromatic N) is 2. The quantitative estimate of drug-likeness (QED) is 0.792. The van der Waals surface area contributed by atoms with Crippen LogP contribution in [0.25, 0.3) is 0 Å². The molecule has 0 amide bonds. The first-order chi connectivity index (χ1) is 8.08. The lowest BCUT2D eigenvalue weighted by atomic mass is 9.83. The normalized spacial score (nSPS) is 21.5. The third-order valence-electron chi connectivity index (χ3n) is 3.60. The molecule has 5 heteroatoms. The molecular formula is C13H24N2O2S. The Bertz CT molecular complexity index is 421. The highest BCUT2D eigenvalue weighted by Crippen LogP contribution is 2.31. The van der Waals surface area contributed by atoms with Crippen LogP contribution in [0.5, 0.6) is 0 Å². The van der Waals surface area contributed by atoms with Crippen LogP contribution < -0.4 is 0 Å². The van der Waals surface area contributed by atoms with Crippen molar-refractivity contribution in [3.63, 3.8) is 0 Å². The van der Waals surface area contributed by atoms with Crippen molar-refractivity contribution in [1.82, 2.24) is 4.31 Å². The highest BCUT2D eigenvalue weighted by molar-refractivity contribution is 7.89. The molecule has 1 rings (SSSR count). The smallest absolute Gasteiger partial charge is 0.212 e. The van der Waals surface area contributed by atoms with E-state index in [0.717, 1.165) is 0 Å². The van der Waals surface area contributed by atoms with Crippen molar-refractivity contribution in [3.05, 3.63) is 0 Å². The average molecular weight is 272 g/mol. The predicted molar refractivity (Wildman–Crippen MR) is 72.4 cm³/mol. The summed E-state index contributed by atoms with van der Waals surface area (Å²) in [6.07, 6.45) is 1.94. The third kappa shape index (κ3) is 4.25. The predicted octanol–water partition coefficient (Wildman–Crippen LogP) is 2.38. The van der Waals surface area contributed by atoms with Crippen LogP contribution in [0, 0.1) is 22.2 Å². The van der Waals surface area contributed by atoms with Gasteiger partial charge in [-0.15, -0.1) is 0 Å². The van der Waals surface area contributed by atoms with Crippen molar-refractivity contribution in [2.24, 2.45) is 10.8 Å². The Hall–Kier alpha value is -0.600. The van der Waals surface area contributed by atoms with E-state index in [9.17, 15) is 8.42 Å². The summed E-state index contributed by atoms with van der Waals surface area (Å²) in [4.78, 5) is 0. The zero-order chi connectivity index (χ0) is 14.0. The summed E-state index contributed by atoms with van der Waals surface area (Å²) < 4.78 is 25.9. The van der Waals surface area contributed by atoms with Gasteiger partial charge >= 0.3 is 0 Å². The molecule has 0 spiro atoms. The van der Waals surface area contributed by atoms with E-state index in [1.807, 2.05) is 27.7 Å². The summed E-state index contributed by atoms with van der Waals surface area (Å²) in [7, 11) is -3.15. The molecule has 104 valence electrons. The van der Waals surface area contributed by atoms with Gasteiger partial charge in [0.25, 0.3) is 0 Å². The van der Waals surface area contributed by atoms with Gasteiger partial charge in [0.15, 0.2) is 0 Å². The average Bonchev–Trinajstić information content (AvgIpc) is 2.26. The van der Waals surface area contributed by atoms with Crippen LogP contribution in [-0.2, 0) is 10.0 Å². The van der Waals surface area contributed by atoms with E-state index in [-0.39, 0.29) is 16.6 Å². The van der Waals surface area contributed by atoms with Crippen molar-refractivity contribution in [2.75, 3.05) is 18.8 Å². The van der Waals surface area contributed by atoms with Gasteiger partial charge in [-0.2, -0.15) is 5.26 Å². The second-order valence-electron chi connectivity index (χ2n) is 6.70. The van der Waals surface area contributed by atoms with Gasteiger partial charge in [0, 0.05) is 13.1 Å². The summed E-state index contributed by atoms with van der Waals surface area (Å²) >= 11 is 0. The van der Waals surface area contributed by atoms with Gasteiger partial charge < -0.3 is 0 Å². The minimum atomic E-state index is -3.15. The molecule has 1 fully saturated rings. The molecular weight excluding hydrogens is 248 g/mol. The Morgan fingerprint density at radius 2 is 1.78 bits per heavy atom. The molecule has 0 bridgehead atoms. The van der Waals surface area contributed by atoms with Gasteiger partial charge in [-0.05, 0) is 31.6 Å². The first kappa shape index (κ1) is 15.5. The van der Waals surface area contributed by atoms with E-state index in [1.54, 1.807) is 4.31 Å². The summed E-state index contributed by atoms with van der Waals surface area (Å²) in [6.45, 7) is 9.02.